The van der Waals surface area contributed by atoms with E-state index in [0.29, 0.717) is 17.4 Å². The number of fused-ring (bicyclic) bond motifs is 1. The lowest BCUT2D eigenvalue weighted by Gasteiger charge is -2.35. The van der Waals surface area contributed by atoms with Crippen LogP contribution in [-0.2, 0) is 11.8 Å². The first-order valence-corrected chi connectivity index (χ1v) is 12.9. The van der Waals surface area contributed by atoms with Crippen LogP contribution in [0.25, 0.3) is 16.8 Å². The minimum Gasteiger partial charge on any atom is -0.496 e. The van der Waals surface area contributed by atoms with E-state index < -0.39 is 0 Å². The van der Waals surface area contributed by atoms with E-state index in [1.165, 1.54) is 5.56 Å². The Bertz CT molecular complexity index is 1520. The number of rotatable bonds is 7. The summed E-state index contributed by atoms with van der Waals surface area (Å²) in [7, 11) is 5.19. The van der Waals surface area contributed by atoms with Gasteiger partial charge in [-0.2, -0.15) is 15.1 Å². The number of amidine groups is 1. The van der Waals surface area contributed by atoms with Crippen molar-refractivity contribution in [3.8, 4) is 29.2 Å². The van der Waals surface area contributed by atoms with Crippen molar-refractivity contribution in [2.45, 2.75) is 45.7 Å². The predicted molar refractivity (Wildman–Crippen MR) is 152 cm³/mol. The van der Waals surface area contributed by atoms with Gasteiger partial charge in [0.15, 0.2) is 11.5 Å². The van der Waals surface area contributed by atoms with Gasteiger partial charge in [0.1, 0.15) is 11.9 Å². The molecule has 2 unspecified atom stereocenters. The molecule has 0 saturated carbocycles. The molecular weight excluding hydrogens is 492 g/mol. The summed E-state index contributed by atoms with van der Waals surface area (Å²) >= 11 is 0. The molecular formula is C29H34N8O2. The highest BCUT2D eigenvalue weighted by Crippen LogP contribution is 2.41. The minimum atomic E-state index is -0.117. The smallest absolute Gasteiger partial charge is 0.234 e. The number of benzene rings is 1. The number of methoxy groups -OCH3 is 2. The lowest BCUT2D eigenvalue weighted by molar-refractivity contribution is 0.123. The molecule has 2 aliphatic heterocycles. The van der Waals surface area contributed by atoms with Crippen LogP contribution in [0.2, 0.25) is 0 Å². The van der Waals surface area contributed by atoms with E-state index in [-0.39, 0.29) is 12.1 Å². The van der Waals surface area contributed by atoms with Gasteiger partial charge in [0, 0.05) is 43.0 Å². The van der Waals surface area contributed by atoms with Crippen LogP contribution in [0, 0.1) is 26.2 Å². The van der Waals surface area contributed by atoms with E-state index in [0.717, 1.165) is 53.2 Å². The predicted octanol–water partition coefficient (Wildman–Crippen LogP) is 3.90. The minimum absolute atomic E-state index is 0.117. The number of piperidine rings is 1. The Balaban J connectivity index is 1.51. The number of hydrazine groups is 1. The number of aromatic nitrogens is 4. The molecule has 4 heterocycles. The quantitative estimate of drug-likeness (QED) is 0.285. The zero-order chi connectivity index (χ0) is 27.7. The summed E-state index contributed by atoms with van der Waals surface area (Å²) in [6.45, 7) is 6.83. The number of nitrogens with one attached hydrogen (secondary N) is 1. The molecule has 0 aliphatic carbocycles. The van der Waals surface area contributed by atoms with Gasteiger partial charge in [-0.15, -0.1) is 6.42 Å². The molecule has 1 N–H and O–H groups in total. The molecule has 1 saturated heterocycles. The van der Waals surface area contributed by atoms with Gasteiger partial charge in [-0.25, -0.2) is 9.98 Å². The molecule has 1 aromatic carbocycles. The molecule has 2 aromatic heterocycles. The van der Waals surface area contributed by atoms with Crippen molar-refractivity contribution in [2.24, 2.45) is 17.0 Å². The summed E-state index contributed by atoms with van der Waals surface area (Å²) < 4.78 is 15.0. The monoisotopic (exact) mass is 526 g/mol. The molecule has 5 rings (SSSR count). The van der Waals surface area contributed by atoms with Crippen molar-refractivity contribution >= 4 is 17.2 Å². The summed E-state index contributed by atoms with van der Waals surface area (Å²) in [5, 5.41) is 6.52. The van der Waals surface area contributed by atoms with Gasteiger partial charge in [-0.1, -0.05) is 0 Å². The average Bonchev–Trinajstić information content (AvgIpc) is 3.68. The van der Waals surface area contributed by atoms with E-state index in [1.807, 2.05) is 44.1 Å². The normalized spacial score (nSPS) is 20.0. The van der Waals surface area contributed by atoms with Gasteiger partial charge >= 0.3 is 0 Å². The number of allylic oxidation sites excluding steroid dienone is 1. The molecule has 1 fully saturated rings. The van der Waals surface area contributed by atoms with Crippen molar-refractivity contribution < 1.29 is 9.47 Å². The summed E-state index contributed by atoms with van der Waals surface area (Å²) in [4.78, 5) is 14.0. The van der Waals surface area contributed by atoms with Crippen molar-refractivity contribution in [1.29, 1.82) is 0 Å². The van der Waals surface area contributed by atoms with Gasteiger partial charge in [-0.3, -0.25) is 10.1 Å². The lowest BCUT2D eigenvalue weighted by atomic mass is 9.84. The topological polar surface area (TPSA) is 94.1 Å². The second-order valence-electron chi connectivity index (χ2n) is 9.88. The number of aryl methyl sites for hydroxylation is 3. The third-order valence-electron chi connectivity index (χ3n) is 7.28. The number of ether oxygens (including phenoxy) is 2. The Morgan fingerprint density at radius 1 is 1.23 bits per heavy atom. The first-order valence-electron chi connectivity index (χ1n) is 12.9. The van der Waals surface area contributed by atoms with Crippen LogP contribution in [0.5, 0.6) is 5.75 Å². The Morgan fingerprint density at radius 3 is 2.69 bits per heavy atom. The number of terminal acetylenes is 1. The maximum atomic E-state index is 5.94. The van der Waals surface area contributed by atoms with Crippen LogP contribution in [-0.4, -0.2) is 62.8 Å². The zero-order valence-electron chi connectivity index (χ0n) is 23.3. The van der Waals surface area contributed by atoms with E-state index in [4.69, 9.17) is 20.9 Å². The Kier molecular flexibility index (Phi) is 7.26. The fourth-order valence-electron chi connectivity index (χ4n) is 5.29. The highest BCUT2D eigenvalue weighted by molar-refractivity contribution is 6.48. The maximum absolute atomic E-state index is 5.94. The van der Waals surface area contributed by atoms with Crippen molar-refractivity contribution in [1.82, 2.24) is 29.8 Å². The van der Waals surface area contributed by atoms with Crippen molar-refractivity contribution in [3.63, 3.8) is 0 Å². The number of hydrogen-bond acceptors (Lipinski definition) is 8. The van der Waals surface area contributed by atoms with E-state index in [2.05, 4.69) is 50.5 Å². The van der Waals surface area contributed by atoms with Gasteiger partial charge in [0.25, 0.3) is 0 Å². The van der Waals surface area contributed by atoms with Gasteiger partial charge in [0.2, 0.25) is 5.88 Å². The highest BCUT2D eigenvalue weighted by Gasteiger charge is 2.39. The summed E-state index contributed by atoms with van der Waals surface area (Å²) in [6, 6.07) is 4.33. The highest BCUT2D eigenvalue weighted by atomic mass is 16.5. The Morgan fingerprint density at radius 2 is 2.05 bits per heavy atom. The van der Waals surface area contributed by atoms with Crippen LogP contribution in [0.4, 0.5) is 0 Å². The third-order valence-corrected chi connectivity index (χ3v) is 7.28. The summed E-state index contributed by atoms with van der Waals surface area (Å²) in [6.07, 6.45) is 15.3. The zero-order valence-corrected chi connectivity index (χ0v) is 23.3. The van der Waals surface area contributed by atoms with Crippen LogP contribution < -0.4 is 10.2 Å². The number of aliphatic imine (C=N–C) groups is 2. The van der Waals surface area contributed by atoms with E-state index in [1.54, 1.807) is 25.2 Å². The van der Waals surface area contributed by atoms with Crippen molar-refractivity contribution in [3.05, 3.63) is 59.8 Å². The second kappa shape index (κ2) is 10.8. The maximum Gasteiger partial charge on any atom is 0.234 e. The fraction of sp³-hybridized carbons (Fsp3) is 0.379. The average molecular weight is 527 g/mol. The standard InChI is InChI=1S/C29H34N8O2/c1-8-25(32-29(39-7)20(4)36-15-19(3)30-17-36)27-33-28-22(10-9-11-37(28)34-27)23-13-24(21-14-31-35(5)16-21)26(38-6)12-18(23)2/h1,12-17,22,28H,9-11H2,2-7H3,(H,33,34). The number of nitrogens with zero attached hydrogens (tertiary/aromatic N) is 7. The van der Waals surface area contributed by atoms with Crippen molar-refractivity contribution in [2.75, 3.05) is 20.8 Å². The second-order valence-corrected chi connectivity index (χ2v) is 9.88. The third kappa shape index (κ3) is 5.05. The fourth-order valence-corrected chi connectivity index (χ4v) is 5.29. The summed E-state index contributed by atoms with van der Waals surface area (Å²) in [5.41, 5.74) is 9.92. The number of imidazole rings is 1. The molecule has 10 nitrogen and oxygen atoms in total. The number of hydrogen-bond donors (Lipinski definition) is 1. The Labute approximate surface area is 229 Å². The van der Waals surface area contributed by atoms with E-state index >= 15 is 0 Å². The van der Waals surface area contributed by atoms with Crippen LogP contribution in [0.15, 0.2) is 52.9 Å². The molecule has 0 radical (unpaired) electrons. The van der Waals surface area contributed by atoms with Gasteiger partial charge in [0.05, 0.1) is 38.1 Å². The summed E-state index contributed by atoms with van der Waals surface area (Å²) in [5.74, 6) is 4.67. The SMILES string of the molecule is C#CC(=NC(OC)=C(C)n1cnc(C)c1)C1=NC2C(c3cc(-c4cnn(C)c4)c(OC)cc3C)CCCN2N1. The molecule has 2 atom stereocenters. The molecule has 202 valence electrons. The van der Waals surface area contributed by atoms with Gasteiger partial charge < -0.3 is 14.0 Å². The van der Waals surface area contributed by atoms with Crippen LogP contribution in [0.1, 0.15) is 42.5 Å². The molecule has 0 spiro atoms. The van der Waals surface area contributed by atoms with Crippen LogP contribution >= 0.6 is 0 Å². The van der Waals surface area contributed by atoms with Gasteiger partial charge in [-0.05, 0) is 62.8 Å². The van der Waals surface area contributed by atoms with Crippen LogP contribution in [0.3, 0.4) is 0 Å². The molecule has 0 amide bonds. The molecule has 3 aromatic rings. The first kappa shape index (κ1) is 26.3. The molecule has 2 aliphatic rings. The van der Waals surface area contributed by atoms with E-state index in [9.17, 15) is 0 Å². The largest absolute Gasteiger partial charge is 0.496 e. The first-order chi connectivity index (χ1) is 18.8. The molecule has 39 heavy (non-hydrogen) atoms. The molecule has 10 heteroatoms. The molecule has 0 bridgehead atoms. The Hall–Kier alpha value is -4.36. The lowest BCUT2D eigenvalue weighted by Crippen LogP contribution is -2.47.